The van der Waals surface area contributed by atoms with E-state index in [1.165, 1.54) is 40.4 Å². The Morgan fingerprint density at radius 1 is 0.964 bits per heavy atom. The Balaban J connectivity index is 1.69. The molecule has 0 saturated carbocycles. The van der Waals surface area contributed by atoms with E-state index in [9.17, 15) is 18.0 Å². The lowest BCUT2D eigenvalue weighted by atomic mass is 10.2. The molecule has 3 rings (SSSR count). The smallest absolute Gasteiger partial charge is 0.255 e. The van der Waals surface area contributed by atoms with Gasteiger partial charge in [-0.25, -0.2) is 8.42 Å². The van der Waals surface area contributed by atoms with Crippen LogP contribution in [0, 0.1) is 0 Å². The van der Waals surface area contributed by atoms with Crippen LogP contribution in [0.4, 0.5) is 11.4 Å². The third kappa shape index (κ3) is 4.23. The van der Waals surface area contributed by atoms with Crippen LogP contribution in [-0.2, 0) is 14.8 Å². The van der Waals surface area contributed by atoms with Crippen molar-refractivity contribution in [2.75, 3.05) is 30.4 Å². The number of rotatable bonds is 5. The first-order chi connectivity index (χ1) is 13.3. The summed E-state index contributed by atoms with van der Waals surface area (Å²) in [5.74, 6) is -0.418. The Bertz CT molecular complexity index is 964. The fourth-order valence-electron chi connectivity index (χ4n) is 3.01. The quantitative estimate of drug-likeness (QED) is 0.835. The highest BCUT2D eigenvalue weighted by Gasteiger charge is 2.27. The minimum atomic E-state index is -3.49. The summed E-state index contributed by atoms with van der Waals surface area (Å²) in [5, 5.41) is 2.76. The van der Waals surface area contributed by atoms with Crippen LogP contribution in [0.2, 0.25) is 0 Å². The van der Waals surface area contributed by atoms with E-state index in [-0.39, 0.29) is 16.7 Å². The largest absolute Gasteiger partial charge is 0.322 e. The number of amides is 2. The van der Waals surface area contributed by atoms with Crippen LogP contribution in [-0.4, -0.2) is 44.7 Å². The van der Waals surface area contributed by atoms with Crippen molar-refractivity contribution in [3.8, 4) is 0 Å². The second kappa shape index (κ2) is 8.12. The fraction of sp³-hybridized carbons (Fsp3) is 0.300. The zero-order valence-electron chi connectivity index (χ0n) is 15.9. The van der Waals surface area contributed by atoms with Gasteiger partial charge in [0, 0.05) is 44.0 Å². The molecule has 2 amide bonds. The maximum absolute atomic E-state index is 12.5. The topological polar surface area (TPSA) is 86.8 Å². The first kappa shape index (κ1) is 20.0. The summed E-state index contributed by atoms with van der Waals surface area (Å²) in [7, 11) is -1.82. The molecular weight excluding hydrogens is 378 g/mol. The Morgan fingerprint density at radius 2 is 1.54 bits per heavy atom. The number of sulfonamides is 1. The van der Waals surface area contributed by atoms with Gasteiger partial charge in [-0.2, -0.15) is 4.31 Å². The van der Waals surface area contributed by atoms with E-state index in [1.54, 1.807) is 31.3 Å². The van der Waals surface area contributed by atoms with Gasteiger partial charge in [0.05, 0.1) is 4.90 Å². The second-order valence-corrected chi connectivity index (χ2v) is 8.65. The molecule has 8 heteroatoms. The monoisotopic (exact) mass is 401 g/mol. The SMILES string of the molecule is CC(=O)N(C)c1ccc(NC(=O)c2ccc(S(=O)(=O)N3CCCC3)cc2)cc1. The van der Waals surface area contributed by atoms with E-state index in [1.807, 2.05) is 0 Å². The molecule has 1 fully saturated rings. The van der Waals surface area contributed by atoms with Crippen LogP contribution in [0.15, 0.2) is 53.4 Å². The van der Waals surface area contributed by atoms with Crippen LogP contribution < -0.4 is 10.2 Å². The lowest BCUT2D eigenvalue weighted by Crippen LogP contribution is -2.27. The number of nitrogens with zero attached hydrogens (tertiary/aromatic N) is 2. The Morgan fingerprint density at radius 3 is 2.07 bits per heavy atom. The first-order valence-corrected chi connectivity index (χ1v) is 10.5. The van der Waals surface area contributed by atoms with Gasteiger partial charge >= 0.3 is 0 Å². The van der Waals surface area contributed by atoms with Gasteiger partial charge in [-0.15, -0.1) is 0 Å². The van der Waals surface area contributed by atoms with Crippen LogP contribution in [0.5, 0.6) is 0 Å². The van der Waals surface area contributed by atoms with Crippen molar-refractivity contribution < 1.29 is 18.0 Å². The number of hydrogen-bond acceptors (Lipinski definition) is 4. The normalized spacial score (nSPS) is 14.6. The molecule has 28 heavy (non-hydrogen) atoms. The average molecular weight is 401 g/mol. The molecule has 0 atom stereocenters. The van der Waals surface area contributed by atoms with Crippen molar-refractivity contribution in [1.82, 2.24) is 4.31 Å². The Hall–Kier alpha value is -2.71. The highest BCUT2D eigenvalue weighted by atomic mass is 32.2. The molecule has 0 aliphatic carbocycles. The highest BCUT2D eigenvalue weighted by molar-refractivity contribution is 7.89. The summed E-state index contributed by atoms with van der Waals surface area (Å²) >= 11 is 0. The molecule has 0 radical (unpaired) electrons. The van der Waals surface area contributed by atoms with Gasteiger partial charge < -0.3 is 10.2 Å². The molecule has 1 saturated heterocycles. The van der Waals surface area contributed by atoms with Crippen molar-refractivity contribution in [1.29, 1.82) is 0 Å². The molecule has 148 valence electrons. The van der Waals surface area contributed by atoms with Crippen molar-refractivity contribution >= 4 is 33.2 Å². The summed E-state index contributed by atoms with van der Waals surface area (Å²) in [6.07, 6.45) is 1.75. The van der Waals surface area contributed by atoms with E-state index in [0.717, 1.165) is 18.5 Å². The molecule has 0 aromatic heterocycles. The van der Waals surface area contributed by atoms with E-state index in [0.29, 0.717) is 24.3 Å². The van der Waals surface area contributed by atoms with Crippen molar-refractivity contribution in [2.45, 2.75) is 24.7 Å². The Kier molecular flexibility index (Phi) is 5.81. The number of anilines is 2. The molecule has 0 unspecified atom stereocenters. The molecule has 0 spiro atoms. The average Bonchev–Trinajstić information content (AvgIpc) is 3.24. The summed E-state index contributed by atoms with van der Waals surface area (Å²) in [5.41, 5.74) is 1.67. The predicted octanol–water partition coefficient (Wildman–Crippen LogP) is 2.71. The van der Waals surface area contributed by atoms with Gasteiger partial charge in [-0.05, 0) is 61.4 Å². The number of hydrogen-bond donors (Lipinski definition) is 1. The van der Waals surface area contributed by atoms with Crippen molar-refractivity contribution in [2.24, 2.45) is 0 Å². The molecule has 0 bridgehead atoms. The van der Waals surface area contributed by atoms with Crippen LogP contribution in [0.1, 0.15) is 30.1 Å². The minimum absolute atomic E-state index is 0.0826. The van der Waals surface area contributed by atoms with E-state index < -0.39 is 10.0 Å². The molecule has 7 nitrogen and oxygen atoms in total. The summed E-state index contributed by atoms with van der Waals surface area (Å²) in [6.45, 7) is 2.56. The predicted molar refractivity (Wildman–Crippen MR) is 108 cm³/mol. The maximum Gasteiger partial charge on any atom is 0.255 e. The van der Waals surface area contributed by atoms with Gasteiger partial charge in [0.25, 0.3) is 5.91 Å². The van der Waals surface area contributed by atoms with Gasteiger partial charge in [0.1, 0.15) is 0 Å². The van der Waals surface area contributed by atoms with Gasteiger partial charge in [0.2, 0.25) is 15.9 Å². The Labute approximate surface area is 165 Å². The lowest BCUT2D eigenvalue weighted by Gasteiger charge is -2.16. The summed E-state index contributed by atoms with van der Waals surface area (Å²) < 4.78 is 26.6. The second-order valence-electron chi connectivity index (χ2n) is 6.71. The number of nitrogens with one attached hydrogen (secondary N) is 1. The van der Waals surface area contributed by atoms with Gasteiger partial charge in [-0.1, -0.05) is 0 Å². The van der Waals surface area contributed by atoms with E-state index in [2.05, 4.69) is 5.32 Å². The van der Waals surface area contributed by atoms with Crippen molar-refractivity contribution in [3.63, 3.8) is 0 Å². The number of benzene rings is 2. The van der Waals surface area contributed by atoms with Crippen LogP contribution >= 0.6 is 0 Å². The molecular formula is C20H23N3O4S. The zero-order chi connectivity index (χ0) is 20.3. The maximum atomic E-state index is 12.5. The fourth-order valence-corrected chi connectivity index (χ4v) is 4.53. The minimum Gasteiger partial charge on any atom is -0.322 e. The third-order valence-electron chi connectivity index (χ3n) is 4.80. The molecule has 1 N–H and O–H groups in total. The lowest BCUT2D eigenvalue weighted by molar-refractivity contribution is -0.116. The number of carbonyl (C=O) groups excluding carboxylic acids is 2. The van der Waals surface area contributed by atoms with Gasteiger partial charge in [0.15, 0.2) is 0 Å². The zero-order valence-corrected chi connectivity index (χ0v) is 16.7. The number of carbonyl (C=O) groups is 2. The van der Waals surface area contributed by atoms with E-state index >= 15 is 0 Å². The molecule has 1 heterocycles. The van der Waals surface area contributed by atoms with Gasteiger partial charge in [-0.3, -0.25) is 9.59 Å². The van der Waals surface area contributed by atoms with Crippen LogP contribution in [0.3, 0.4) is 0 Å². The molecule has 1 aliphatic heterocycles. The molecule has 1 aliphatic rings. The first-order valence-electron chi connectivity index (χ1n) is 9.05. The molecule has 2 aromatic rings. The van der Waals surface area contributed by atoms with Crippen LogP contribution in [0.25, 0.3) is 0 Å². The summed E-state index contributed by atoms with van der Waals surface area (Å²) in [4.78, 5) is 25.5. The third-order valence-corrected chi connectivity index (χ3v) is 6.72. The van der Waals surface area contributed by atoms with E-state index in [4.69, 9.17) is 0 Å². The highest BCUT2D eigenvalue weighted by Crippen LogP contribution is 2.22. The standard InChI is InChI=1S/C20H23N3O4S/c1-15(24)22(2)18-9-7-17(8-10-18)21-20(25)16-5-11-19(12-6-16)28(26,27)23-13-3-4-14-23/h5-12H,3-4,13-14H2,1-2H3,(H,21,25). The summed E-state index contributed by atoms with van der Waals surface area (Å²) in [6, 6.07) is 12.8. The van der Waals surface area contributed by atoms with Crippen molar-refractivity contribution in [3.05, 3.63) is 54.1 Å². The molecule has 2 aromatic carbocycles.